The van der Waals surface area contributed by atoms with Crippen molar-refractivity contribution < 1.29 is 17.9 Å². The highest BCUT2D eigenvalue weighted by Crippen LogP contribution is 2.21. The van der Waals surface area contributed by atoms with Crippen molar-refractivity contribution in [1.29, 1.82) is 0 Å². The highest BCUT2D eigenvalue weighted by atomic mass is 32.2. The second kappa shape index (κ2) is 7.98. The van der Waals surface area contributed by atoms with Crippen molar-refractivity contribution in [3.8, 4) is 0 Å². The summed E-state index contributed by atoms with van der Waals surface area (Å²) in [7, 11) is -3.31. The molecule has 0 unspecified atom stereocenters. The van der Waals surface area contributed by atoms with E-state index in [1.54, 1.807) is 17.0 Å². The Morgan fingerprint density at radius 3 is 2.83 bits per heavy atom. The molecule has 6 nitrogen and oxygen atoms in total. The Bertz CT molecular complexity index is 688. The second-order valence-electron chi connectivity index (χ2n) is 6.26. The summed E-state index contributed by atoms with van der Waals surface area (Å²) in [6.07, 6.45) is 4.06. The van der Waals surface area contributed by atoms with E-state index < -0.39 is 9.84 Å². The van der Waals surface area contributed by atoms with Gasteiger partial charge in [0, 0.05) is 31.6 Å². The molecule has 7 heteroatoms. The van der Waals surface area contributed by atoms with E-state index >= 15 is 0 Å². The summed E-state index contributed by atoms with van der Waals surface area (Å²) in [4.78, 5) is 14.4. The molecule has 0 saturated carbocycles. The molecular formula is C17H26N2O4S. The zero-order valence-corrected chi connectivity index (χ0v) is 15.4. The van der Waals surface area contributed by atoms with E-state index in [9.17, 15) is 13.2 Å². The molecule has 1 aromatic rings. The van der Waals surface area contributed by atoms with Crippen molar-refractivity contribution in [2.45, 2.75) is 44.1 Å². The van der Waals surface area contributed by atoms with Crippen LogP contribution in [0.1, 0.15) is 31.7 Å². The van der Waals surface area contributed by atoms with Gasteiger partial charge in [-0.15, -0.1) is 0 Å². The van der Waals surface area contributed by atoms with Gasteiger partial charge in [-0.05, 0) is 43.9 Å². The number of ether oxygens (including phenoxy) is 1. The minimum atomic E-state index is -3.31. The van der Waals surface area contributed by atoms with E-state index in [1.807, 2.05) is 6.92 Å². The third-order valence-electron chi connectivity index (χ3n) is 4.10. The highest BCUT2D eigenvalue weighted by molar-refractivity contribution is 7.90. The number of sulfone groups is 1. The van der Waals surface area contributed by atoms with E-state index in [0.717, 1.165) is 31.1 Å². The number of urea groups is 1. The number of amides is 2. The van der Waals surface area contributed by atoms with Crippen LogP contribution in [0.3, 0.4) is 0 Å². The zero-order valence-electron chi connectivity index (χ0n) is 14.5. The van der Waals surface area contributed by atoms with Gasteiger partial charge < -0.3 is 15.0 Å². The number of anilines is 1. The molecule has 134 valence electrons. The maximum absolute atomic E-state index is 12.5. The fourth-order valence-electron chi connectivity index (χ4n) is 2.70. The molecule has 2 rings (SSSR count). The lowest BCUT2D eigenvalue weighted by Gasteiger charge is -2.32. The van der Waals surface area contributed by atoms with Crippen LogP contribution < -0.4 is 5.32 Å². The monoisotopic (exact) mass is 354 g/mol. The Morgan fingerprint density at radius 2 is 2.17 bits per heavy atom. The Balaban J connectivity index is 2.06. The molecule has 24 heavy (non-hydrogen) atoms. The number of carbonyl (C=O) groups excluding carboxylic acids is 1. The average Bonchev–Trinajstić information content (AvgIpc) is 2.54. The van der Waals surface area contributed by atoms with Gasteiger partial charge in [0.15, 0.2) is 9.84 Å². The number of likely N-dealkylation sites (tertiary alicyclic amines) is 1. The first-order chi connectivity index (χ1) is 11.3. The Kier molecular flexibility index (Phi) is 6.23. The van der Waals surface area contributed by atoms with Gasteiger partial charge in [0.05, 0.1) is 11.0 Å². The molecular weight excluding hydrogens is 328 g/mol. The van der Waals surface area contributed by atoms with Gasteiger partial charge in [0.1, 0.15) is 0 Å². The number of hydrogen-bond donors (Lipinski definition) is 1. The van der Waals surface area contributed by atoms with Gasteiger partial charge in [-0.2, -0.15) is 0 Å². The summed E-state index contributed by atoms with van der Waals surface area (Å²) in [5.41, 5.74) is 1.35. The van der Waals surface area contributed by atoms with Gasteiger partial charge >= 0.3 is 6.03 Å². The van der Waals surface area contributed by atoms with Crippen LogP contribution >= 0.6 is 0 Å². The summed E-state index contributed by atoms with van der Waals surface area (Å²) < 4.78 is 29.1. The van der Waals surface area contributed by atoms with Crippen LogP contribution in [0.5, 0.6) is 0 Å². The fraction of sp³-hybridized carbons (Fsp3) is 0.588. The molecule has 1 heterocycles. The fourth-order valence-corrected chi connectivity index (χ4v) is 3.35. The summed E-state index contributed by atoms with van der Waals surface area (Å²) in [5, 5.41) is 2.84. The van der Waals surface area contributed by atoms with Gasteiger partial charge in [0.25, 0.3) is 0 Å². The topological polar surface area (TPSA) is 75.7 Å². The van der Waals surface area contributed by atoms with Crippen molar-refractivity contribution in [2.75, 3.05) is 31.3 Å². The molecule has 1 fully saturated rings. The lowest BCUT2D eigenvalue weighted by Crippen LogP contribution is -2.45. The van der Waals surface area contributed by atoms with E-state index in [4.69, 9.17) is 4.74 Å². The Labute approximate surface area is 144 Å². The molecule has 1 N–H and O–H groups in total. The van der Waals surface area contributed by atoms with E-state index in [2.05, 4.69) is 12.2 Å². The largest absolute Gasteiger partial charge is 0.376 e. The maximum atomic E-state index is 12.5. The molecule has 1 saturated heterocycles. The first kappa shape index (κ1) is 18.7. The van der Waals surface area contributed by atoms with Crippen LogP contribution in [-0.4, -0.2) is 51.4 Å². The third-order valence-corrected chi connectivity index (χ3v) is 5.21. The maximum Gasteiger partial charge on any atom is 0.321 e. The van der Waals surface area contributed by atoms with Crippen molar-refractivity contribution >= 4 is 21.6 Å². The van der Waals surface area contributed by atoms with Crippen LogP contribution in [0.25, 0.3) is 0 Å². The predicted octanol–water partition coefficient (Wildman–Crippen LogP) is 2.82. The van der Waals surface area contributed by atoms with Gasteiger partial charge in [-0.25, -0.2) is 13.2 Å². The van der Waals surface area contributed by atoms with Crippen molar-refractivity contribution in [3.05, 3.63) is 23.8 Å². The molecule has 0 aromatic heterocycles. The molecule has 0 spiro atoms. The molecule has 1 aliphatic heterocycles. The molecule has 0 aliphatic carbocycles. The summed E-state index contributed by atoms with van der Waals surface area (Å²) in [6.45, 7) is 5.85. The normalized spacial score (nSPS) is 18.5. The average molecular weight is 354 g/mol. The molecule has 0 bridgehead atoms. The van der Waals surface area contributed by atoms with Crippen LogP contribution in [0.15, 0.2) is 23.1 Å². The number of nitrogens with zero attached hydrogens (tertiary/aromatic N) is 1. The molecule has 1 atom stereocenters. The number of nitrogens with one attached hydrogen (secondary N) is 1. The number of carbonyl (C=O) groups is 1. The zero-order chi connectivity index (χ0) is 17.7. The van der Waals surface area contributed by atoms with Crippen molar-refractivity contribution in [1.82, 2.24) is 4.90 Å². The summed E-state index contributed by atoms with van der Waals surface area (Å²) >= 11 is 0. The number of aryl methyl sites for hydroxylation is 1. The number of benzene rings is 1. The summed E-state index contributed by atoms with van der Waals surface area (Å²) in [5.74, 6) is 0. The van der Waals surface area contributed by atoms with Gasteiger partial charge in [0.2, 0.25) is 0 Å². The smallest absolute Gasteiger partial charge is 0.321 e. The SMILES string of the molecule is CCCO[C@H]1CCCN(C(=O)Nc2cc(S(C)(=O)=O)ccc2C)C1. The van der Waals surface area contributed by atoms with E-state index in [1.165, 1.54) is 6.07 Å². The quantitative estimate of drug-likeness (QED) is 0.882. The van der Waals surface area contributed by atoms with Crippen LogP contribution in [0.2, 0.25) is 0 Å². The number of piperidine rings is 1. The number of hydrogen-bond acceptors (Lipinski definition) is 4. The summed E-state index contributed by atoms with van der Waals surface area (Å²) in [6, 6.07) is 4.55. The van der Waals surface area contributed by atoms with Crippen molar-refractivity contribution in [3.63, 3.8) is 0 Å². The minimum absolute atomic E-state index is 0.0768. The standard InChI is InChI=1S/C17H26N2O4S/c1-4-10-23-14-6-5-9-19(12-14)17(20)18-16-11-15(24(3,21)22)8-7-13(16)2/h7-8,11,14H,4-6,9-10,12H2,1-3H3,(H,18,20)/t14-/m0/s1. The lowest BCUT2D eigenvalue weighted by atomic mass is 10.1. The molecule has 1 aromatic carbocycles. The van der Waals surface area contributed by atoms with Crippen molar-refractivity contribution in [2.24, 2.45) is 0 Å². The number of rotatable bonds is 5. The molecule has 0 radical (unpaired) electrons. The van der Waals surface area contributed by atoms with Crippen LogP contribution in [0.4, 0.5) is 10.5 Å². The van der Waals surface area contributed by atoms with Gasteiger partial charge in [-0.1, -0.05) is 13.0 Å². The molecule has 2 amide bonds. The highest BCUT2D eigenvalue weighted by Gasteiger charge is 2.24. The van der Waals surface area contributed by atoms with Crippen LogP contribution in [-0.2, 0) is 14.6 Å². The Hall–Kier alpha value is -1.60. The van der Waals surface area contributed by atoms with E-state index in [0.29, 0.717) is 25.4 Å². The first-order valence-corrected chi connectivity index (χ1v) is 10.2. The first-order valence-electron chi connectivity index (χ1n) is 8.29. The van der Waals surface area contributed by atoms with Crippen LogP contribution in [0, 0.1) is 6.92 Å². The van der Waals surface area contributed by atoms with Gasteiger partial charge in [-0.3, -0.25) is 0 Å². The third kappa shape index (κ3) is 4.95. The minimum Gasteiger partial charge on any atom is -0.376 e. The predicted molar refractivity (Wildman–Crippen MR) is 94.1 cm³/mol. The van der Waals surface area contributed by atoms with E-state index in [-0.39, 0.29) is 17.0 Å². The lowest BCUT2D eigenvalue weighted by molar-refractivity contribution is 0.0115. The Morgan fingerprint density at radius 1 is 1.42 bits per heavy atom. The molecule has 1 aliphatic rings. The second-order valence-corrected chi connectivity index (χ2v) is 8.28.